The van der Waals surface area contributed by atoms with E-state index in [9.17, 15) is 8.42 Å². The van der Waals surface area contributed by atoms with Gasteiger partial charge >= 0.3 is 0 Å². The van der Waals surface area contributed by atoms with Crippen molar-refractivity contribution in [1.82, 2.24) is 23.4 Å². The molecule has 0 spiro atoms. The summed E-state index contributed by atoms with van der Waals surface area (Å²) in [6.07, 6.45) is 11.6. The zero-order valence-corrected chi connectivity index (χ0v) is 15.8. The molecular formula is C17H25N5O3S. The van der Waals surface area contributed by atoms with E-state index in [0.717, 1.165) is 12.3 Å². The maximum atomic E-state index is 12.9. The Balaban J connectivity index is 1.48. The van der Waals surface area contributed by atoms with Gasteiger partial charge in [-0.15, -0.1) is 0 Å². The van der Waals surface area contributed by atoms with Gasteiger partial charge in [-0.25, -0.2) is 18.4 Å². The zero-order valence-electron chi connectivity index (χ0n) is 15.0. The first-order valence-corrected chi connectivity index (χ1v) is 10.5. The van der Waals surface area contributed by atoms with Crippen molar-refractivity contribution in [1.29, 1.82) is 0 Å². The predicted octanol–water partition coefficient (Wildman–Crippen LogP) is 1.57. The van der Waals surface area contributed by atoms with Gasteiger partial charge in [0, 0.05) is 32.6 Å². The van der Waals surface area contributed by atoms with Crippen molar-refractivity contribution in [2.75, 3.05) is 19.8 Å². The molecule has 4 rings (SSSR count). The summed E-state index contributed by atoms with van der Waals surface area (Å²) in [7, 11) is -1.87. The zero-order chi connectivity index (χ0) is 18.1. The highest BCUT2D eigenvalue weighted by atomic mass is 32.2. The van der Waals surface area contributed by atoms with Crippen LogP contribution in [-0.4, -0.2) is 51.6 Å². The first-order valence-electron chi connectivity index (χ1n) is 9.10. The molecule has 3 heterocycles. The Kier molecular flexibility index (Phi) is 4.85. The molecule has 9 heteroatoms. The Morgan fingerprint density at radius 1 is 1.23 bits per heavy atom. The van der Waals surface area contributed by atoms with Crippen LogP contribution in [0.5, 0.6) is 0 Å². The first kappa shape index (κ1) is 17.7. The van der Waals surface area contributed by atoms with Gasteiger partial charge in [-0.2, -0.15) is 4.31 Å². The predicted molar refractivity (Wildman–Crippen MR) is 94.8 cm³/mol. The Hall–Kier alpha value is -1.71. The number of aryl methyl sites for hydroxylation is 1. The van der Waals surface area contributed by atoms with Gasteiger partial charge < -0.3 is 13.9 Å². The number of nitrogens with zero attached hydrogens (tertiary/aromatic N) is 5. The van der Waals surface area contributed by atoms with E-state index < -0.39 is 10.0 Å². The number of rotatable bonds is 6. The van der Waals surface area contributed by atoms with Crippen LogP contribution >= 0.6 is 0 Å². The molecule has 142 valence electrons. The van der Waals surface area contributed by atoms with Crippen molar-refractivity contribution < 1.29 is 13.2 Å². The Morgan fingerprint density at radius 2 is 2.04 bits per heavy atom. The van der Waals surface area contributed by atoms with Crippen LogP contribution in [0.1, 0.15) is 37.4 Å². The van der Waals surface area contributed by atoms with Gasteiger partial charge in [0.1, 0.15) is 0 Å². The smallest absolute Gasteiger partial charge is 0.262 e. The van der Waals surface area contributed by atoms with Crippen molar-refractivity contribution in [3.63, 3.8) is 0 Å². The maximum absolute atomic E-state index is 12.9. The SMILES string of the molecule is Cn1cnc(S(=O)(=O)N2Cc3cncn3[C@@H](COCC3CCCC3)C2)c1. The monoisotopic (exact) mass is 379 g/mol. The molecular weight excluding hydrogens is 354 g/mol. The van der Waals surface area contributed by atoms with Gasteiger partial charge in [-0.05, 0) is 18.8 Å². The summed E-state index contributed by atoms with van der Waals surface area (Å²) in [5, 5.41) is 0.0820. The highest BCUT2D eigenvalue weighted by Gasteiger charge is 2.34. The Bertz CT molecular complexity index is 853. The molecule has 1 aliphatic carbocycles. The van der Waals surface area contributed by atoms with Gasteiger partial charge in [-0.1, -0.05) is 12.8 Å². The van der Waals surface area contributed by atoms with Crippen molar-refractivity contribution in [2.45, 2.75) is 43.3 Å². The lowest BCUT2D eigenvalue weighted by atomic mass is 10.1. The minimum atomic E-state index is -3.63. The van der Waals surface area contributed by atoms with Gasteiger partial charge in [0.15, 0.2) is 5.03 Å². The van der Waals surface area contributed by atoms with E-state index in [4.69, 9.17) is 4.74 Å². The molecule has 2 aromatic heterocycles. The quantitative estimate of drug-likeness (QED) is 0.761. The number of aromatic nitrogens is 4. The highest BCUT2D eigenvalue weighted by Crippen LogP contribution is 2.28. The molecule has 0 bridgehead atoms. The molecule has 0 unspecified atom stereocenters. The lowest BCUT2D eigenvalue weighted by Gasteiger charge is -2.33. The second-order valence-electron chi connectivity index (χ2n) is 7.31. The lowest BCUT2D eigenvalue weighted by Crippen LogP contribution is -2.42. The standard InChI is InChI=1S/C17H25N5O3S/c1-20-9-17(19-13-20)26(23,24)21-7-15-6-18-12-22(15)16(8-21)11-25-10-14-4-2-3-5-14/h6,9,12-14,16H,2-5,7-8,10-11H2,1H3/t16-/m1/s1. The average molecular weight is 379 g/mol. The molecule has 8 nitrogen and oxygen atoms in total. The Morgan fingerprint density at radius 3 is 2.77 bits per heavy atom. The van der Waals surface area contributed by atoms with Crippen LogP contribution in [0, 0.1) is 5.92 Å². The summed E-state index contributed by atoms with van der Waals surface area (Å²) in [5.41, 5.74) is 0.880. The second kappa shape index (κ2) is 7.13. The third-order valence-electron chi connectivity index (χ3n) is 5.32. The van der Waals surface area contributed by atoms with Crippen LogP contribution in [0.3, 0.4) is 0 Å². The van der Waals surface area contributed by atoms with Crippen LogP contribution in [0.4, 0.5) is 0 Å². The number of imidazole rings is 2. The number of sulfonamides is 1. The third-order valence-corrected chi connectivity index (χ3v) is 7.01. The second-order valence-corrected chi connectivity index (χ2v) is 9.19. The molecule has 0 aromatic carbocycles. The molecule has 1 saturated carbocycles. The molecule has 0 saturated heterocycles. The van der Waals surface area contributed by atoms with Crippen molar-refractivity contribution in [3.05, 3.63) is 30.7 Å². The number of fused-ring (bicyclic) bond motifs is 1. The molecule has 0 N–H and O–H groups in total. The maximum Gasteiger partial charge on any atom is 0.262 e. The fourth-order valence-corrected chi connectivity index (χ4v) is 5.28. The lowest BCUT2D eigenvalue weighted by molar-refractivity contribution is 0.0633. The van der Waals surface area contributed by atoms with Crippen LogP contribution in [0.2, 0.25) is 0 Å². The van der Waals surface area contributed by atoms with E-state index in [1.165, 1.54) is 42.5 Å². The fourth-order valence-electron chi connectivity index (χ4n) is 3.87. The van der Waals surface area contributed by atoms with E-state index in [0.29, 0.717) is 25.6 Å². The summed E-state index contributed by atoms with van der Waals surface area (Å²) in [6, 6.07) is -0.0684. The van der Waals surface area contributed by atoms with Gasteiger partial charge in [0.25, 0.3) is 10.0 Å². The highest BCUT2D eigenvalue weighted by molar-refractivity contribution is 7.89. The molecule has 26 heavy (non-hydrogen) atoms. The number of ether oxygens (including phenoxy) is 1. The van der Waals surface area contributed by atoms with Crippen LogP contribution in [0.15, 0.2) is 30.1 Å². The van der Waals surface area contributed by atoms with Crippen LogP contribution in [-0.2, 0) is 28.4 Å². The minimum Gasteiger partial charge on any atom is -0.379 e. The summed E-state index contributed by atoms with van der Waals surface area (Å²) >= 11 is 0. The van der Waals surface area contributed by atoms with E-state index >= 15 is 0 Å². The van der Waals surface area contributed by atoms with E-state index in [1.807, 2.05) is 4.57 Å². The van der Waals surface area contributed by atoms with Gasteiger partial charge in [0.2, 0.25) is 0 Å². The van der Waals surface area contributed by atoms with Gasteiger partial charge in [0.05, 0.1) is 37.5 Å². The van der Waals surface area contributed by atoms with Crippen molar-refractivity contribution in [2.24, 2.45) is 13.0 Å². The third kappa shape index (κ3) is 3.43. The van der Waals surface area contributed by atoms with E-state index in [-0.39, 0.29) is 11.1 Å². The molecule has 1 atom stereocenters. The molecule has 0 radical (unpaired) electrons. The largest absolute Gasteiger partial charge is 0.379 e. The molecule has 2 aromatic rings. The molecule has 0 amide bonds. The summed E-state index contributed by atoms with van der Waals surface area (Å²) in [6.45, 7) is 1.92. The normalized spacial score (nSPS) is 22.0. The summed E-state index contributed by atoms with van der Waals surface area (Å²) in [5.74, 6) is 0.647. The van der Waals surface area contributed by atoms with Crippen LogP contribution in [0.25, 0.3) is 0 Å². The van der Waals surface area contributed by atoms with E-state index in [2.05, 4.69) is 9.97 Å². The summed E-state index contributed by atoms with van der Waals surface area (Å²) < 4.78 is 37.0. The summed E-state index contributed by atoms with van der Waals surface area (Å²) in [4.78, 5) is 8.22. The Labute approximate surface area is 153 Å². The molecule has 1 fully saturated rings. The van der Waals surface area contributed by atoms with Crippen LogP contribution < -0.4 is 0 Å². The van der Waals surface area contributed by atoms with Gasteiger partial charge in [-0.3, -0.25) is 0 Å². The van der Waals surface area contributed by atoms with E-state index in [1.54, 1.807) is 24.1 Å². The first-order chi connectivity index (χ1) is 12.5. The van der Waals surface area contributed by atoms with Crippen molar-refractivity contribution in [3.8, 4) is 0 Å². The fraction of sp³-hybridized carbons (Fsp3) is 0.647. The topological polar surface area (TPSA) is 82.3 Å². The number of hydrogen-bond donors (Lipinski definition) is 0. The van der Waals surface area contributed by atoms with Crippen molar-refractivity contribution >= 4 is 10.0 Å². The average Bonchev–Trinajstić information content (AvgIpc) is 3.35. The molecule has 2 aliphatic rings. The number of hydrogen-bond acceptors (Lipinski definition) is 5. The minimum absolute atomic E-state index is 0.0684. The molecule has 1 aliphatic heterocycles.